The minimum Gasteiger partial charge on any atom is -0.396 e. The molecule has 0 aromatic heterocycles. The van der Waals surface area contributed by atoms with Gasteiger partial charge in [0.15, 0.2) is 0 Å². The van der Waals surface area contributed by atoms with Crippen LogP contribution in [0.15, 0.2) is 12.2 Å². The van der Waals surface area contributed by atoms with Gasteiger partial charge in [0.05, 0.1) is 0 Å². The first kappa shape index (κ1) is 10.8. The van der Waals surface area contributed by atoms with E-state index >= 15 is 0 Å². The van der Waals surface area contributed by atoms with Crippen molar-refractivity contribution in [3.8, 4) is 0 Å². The van der Waals surface area contributed by atoms with E-state index < -0.39 is 23.8 Å². The second-order valence-electron chi connectivity index (χ2n) is 4.01. The molecule has 0 saturated carbocycles. The van der Waals surface area contributed by atoms with Gasteiger partial charge in [0.1, 0.15) is 5.92 Å². The van der Waals surface area contributed by atoms with Crippen molar-refractivity contribution in [1.29, 1.82) is 0 Å². The predicted molar refractivity (Wildman–Crippen MR) is 53.0 cm³/mol. The van der Waals surface area contributed by atoms with Gasteiger partial charge in [-0.1, -0.05) is 12.2 Å². The number of barbiturate groups is 1. The molecule has 0 spiro atoms. The van der Waals surface area contributed by atoms with E-state index in [1.807, 2.05) is 0 Å². The normalized spacial score (nSPS) is 30.4. The van der Waals surface area contributed by atoms with E-state index in [1.54, 1.807) is 12.2 Å². The number of hydrogen-bond acceptors (Lipinski definition) is 4. The van der Waals surface area contributed by atoms with Crippen LogP contribution in [0.25, 0.3) is 0 Å². The molecule has 0 unspecified atom stereocenters. The summed E-state index contributed by atoms with van der Waals surface area (Å²) in [5.41, 5.74) is 0. The van der Waals surface area contributed by atoms with Crippen molar-refractivity contribution in [2.45, 2.75) is 6.42 Å². The molecule has 0 radical (unpaired) electrons. The molecule has 1 fully saturated rings. The molecule has 0 bridgehead atoms. The molecule has 1 aliphatic heterocycles. The van der Waals surface area contributed by atoms with Crippen LogP contribution in [0, 0.1) is 17.8 Å². The highest BCUT2D eigenvalue weighted by molar-refractivity contribution is 6.16. The van der Waals surface area contributed by atoms with E-state index in [2.05, 4.69) is 10.6 Å². The fourth-order valence-corrected chi connectivity index (χ4v) is 2.11. The summed E-state index contributed by atoms with van der Waals surface area (Å²) >= 11 is 0. The summed E-state index contributed by atoms with van der Waals surface area (Å²) in [6.45, 7) is 0.00187. The van der Waals surface area contributed by atoms with E-state index in [0.29, 0.717) is 6.42 Å². The van der Waals surface area contributed by atoms with E-state index in [9.17, 15) is 14.4 Å². The molecule has 2 rings (SSSR count). The van der Waals surface area contributed by atoms with Crippen molar-refractivity contribution in [2.75, 3.05) is 6.61 Å². The van der Waals surface area contributed by atoms with Crippen LogP contribution in [-0.4, -0.2) is 29.6 Å². The Balaban J connectivity index is 2.10. The number of amides is 4. The molecule has 2 aliphatic rings. The lowest BCUT2D eigenvalue weighted by molar-refractivity contribution is -0.137. The third-order valence-electron chi connectivity index (χ3n) is 2.91. The summed E-state index contributed by atoms with van der Waals surface area (Å²) in [6, 6.07) is -0.771. The fourth-order valence-electron chi connectivity index (χ4n) is 2.11. The molecule has 1 saturated heterocycles. The highest BCUT2D eigenvalue weighted by atomic mass is 16.3. The molecule has 0 aromatic rings. The van der Waals surface area contributed by atoms with Crippen molar-refractivity contribution in [3.63, 3.8) is 0 Å². The van der Waals surface area contributed by atoms with E-state index in [1.165, 1.54) is 0 Å². The number of allylic oxidation sites excluding steroid dienone is 1. The number of carbonyl (C=O) groups is 3. The Bertz CT molecular complexity index is 357. The van der Waals surface area contributed by atoms with Gasteiger partial charge >= 0.3 is 6.03 Å². The van der Waals surface area contributed by atoms with Crippen LogP contribution in [0.3, 0.4) is 0 Å². The van der Waals surface area contributed by atoms with Gasteiger partial charge in [-0.05, 0) is 12.3 Å². The summed E-state index contributed by atoms with van der Waals surface area (Å²) in [6.07, 6.45) is 4.10. The lowest BCUT2D eigenvalue weighted by Gasteiger charge is -2.24. The molecule has 2 atom stereocenters. The quantitative estimate of drug-likeness (QED) is 0.420. The summed E-state index contributed by atoms with van der Waals surface area (Å²) in [5.74, 6) is -2.26. The number of aliphatic hydroxyl groups excluding tert-OH is 1. The first-order valence-corrected chi connectivity index (χ1v) is 5.06. The average molecular weight is 224 g/mol. The van der Waals surface area contributed by atoms with Crippen LogP contribution < -0.4 is 10.6 Å². The summed E-state index contributed by atoms with van der Waals surface area (Å²) in [4.78, 5) is 33.9. The van der Waals surface area contributed by atoms with Crippen molar-refractivity contribution in [2.24, 2.45) is 17.8 Å². The topological polar surface area (TPSA) is 95.5 Å². The van der Waals surface area contributed by atoms with Gasteiger partial charge in [0.2, 0.25) is 11.8 Å². The maximum Gasteiger partial charge on any atom is 0.328 e. The zero-order valence-corrected chi connectivity index (χ0v) is 8.47. The molecular formula is C10H12N2O4. The smallest absolute Gasteiger partial charge is 0.328 e. The van der Waals surface area contributed by atoms with Crippen molar-refractivity contribution >= 4 is 17.8 Å². The standard InChI is InChI=1S/C10H12N2O4/c13-4-5-1-2-6(3-5)7-8(14)11-10(16)12-9(7)15/h1-2,5-7,13H,3-4H2,(H2,11,12,14,15,16)/t5-,6+/m0/s1. The van der Waals surface area contributed by atoms with Gasteiger partial charge in [0.25, 0.3) is 0 Å². The molecule has 16 heavy (non-hydrogen) atoms. The van der Waals surface area contributed by atoms with Gasteiger partial charge in [-0.25, -0.2) is 4.79 Å². The Morgan fingerprint density at radius 3 is 2.31 bits per heavy atom. The van der Waals surface area contributed by atoms with Crippen LogP contribution in [-0.2, 0) is 9.59 Å². The Kier molecular flexibility index (Phi) is 2.74. The van der Waals surface area contributed by atoms with Crippen molar-refractivity contribution < 1.29 is 19.5 Å². The number of hydrogen-bond donors (Lipinski definition) is 3. The maximum absolute atomic E-state index is 11.5. The van der Waals surface area contributed by atoms with Crippen molar-refractivity contribution in [3.05, 3.63) is 12.2 Å². The number of carbonyl (C=O) groups excluding carboxylic acids is 3. The van der Waals surface area contributed by atoms with Gasteiger partial charge in [-0.2, -0.15) is 0 Å². The van der Waals surface area contributed by atoms with Crippen LogP contribution >= 0.6 is 0 Å². The molecule has 3 N–H and O–H groups in total. The lowest BCUT2D eigenvalue weighted by Crippen LogP contribution is -2.57. The minimum absolute atomic E-state index is 0.00187. The van der Waals surface area contributed by atoms with E-state index in [-0.39, 0.29) is 18.4 Å². The van der Waals surface area contributed by atoms with Gasteiger partial charge in [-0.3, -0.25) is 20.2 Å². The maximum atomic E-state index is 11.5. The first-order valence-electron chi connectivity index (χ1n) is 5.06. The molecule has 6 heteroatoms. The fraction of sp³-hybridized carbons (Fsp3) is 0.500. The summed E-state index contributed by atoms with van der Waals surface area (Å²) in [7, 11) is 0. The zero-order chi connectivity index (χ0) is 11.7. The first-order chi connectivity index (χ1) is 7.61. The molecule has 0 aromatic carbocycles. The molecular weight excluding hydrogens is 212 g/mol. The SMILES string of the molecule is O=C1NC(=O)C([C@@H]2C=C[C@H](CO)C2)C(=O)N1. The monoisotopic (exact) mass is 224 g/mol. The highest BCUT2D eigenvalue weighted by Crippen LogP contribution is 2.30. The van der Waals surface area contributed by atoms with E-state index in [0.717, 1.165) is 0 Å². The predicted octanol–water partition coefficient (Wildman–Crippen LogP) is -0.847. The second-order valence-corrected chi connectivity index (χ2v) is 4.01. The lowest BCUT2D eigenvalue weighted by atomic mass is 9.87. The number of urea groups is 1. The largest absolute Gasteiger partial charge is 0.396 e. The van der Waals surface area contributed by atoms with Crippen LogP contribution in [0.4, 0.5) is 4.79 Å². The van der Waals surface area contributed by atoms with Gasteiger partial charge in [0, 0.05) is 12.5 Å². The zero-order valence-electron chi connectivity index (χ0n) is 8.47. The Labute approximate surface area is 91.7 Å². The van der Waals surface area contributed by atoms with Gasteiger partial charge in [-0.15, -0.1) is 0 Å². The third-order valence-corrected chi connectivity index (χ3v) is 2.91. The minimum atomic E-state index is -0.870. The third kappa shape index (κ3) is 1.83. The van der Waals surface area contributed by atoms with Crippen LogP contribution in [0.5, 0.6) is 0 Å². The summed E-state index contributed by atoms with van der Waals surface area (Å²) < 4.78 is 0. The van der Waals surface area contributed by atoms with Crippen molar-refractivity contribution in [1.82, 2.24) is 10.6 Å². The number of rotatable bonds is 2. The molecule has 1 heterocycles. The highest BCUT2D eigenvalue weighted by Gasteiger charge is 2.40. The number of nitrogens with one attached hydrogen (secondary N) is 2. The molecule has 4 amide bonds. The molecule has 1 aliphatic carbocycles. The Hall–Kier alpha value is -1.69. The Morgan fingerprint density at radius 2 is 1.81 bits per heavy atom. The number of aliphatic hydroxyl groups is 1. The Morgan fingerprint density at radius 1 is 1.19 bits per heavy atom. The summed E-state index contributed by atoms with van der Waals surface area (Å²) in [5, 5.41) is 13.1. The number of imide groups is 2. The van der Waals surface area contributed by atoms with Crippen LogP contribution in [0.1, 0.15) is 6.42 Å². The molecule has 6 nitrogen and oxygen atoms in total. The van der Waals surface area contributed by atoms with Crippen LogP contribution in [0.2, 0.25) is 0 Å². The second kappa shape index (κ2) is 4.05. The van der Waals surface area contributed by atoms with E-state index in [4.69, 9.17) is 5.11 Å². The molecule has 86 valence electrons. The average Bonchev–Trinajstić information content (AvgIpc) is 2.64. The van der Waals surface area contributed by atoms with Gasteiger partial charge < -0.3 is 5.11 Å².